The fourth-order valence-electron chi connectivity index (χ4n) is 3.86. The lowest BCUT2D eigenvalue weighted by Gasteiger charge is -2.30. The van der Waals surface area contributed by atoms with Gasteiger partial charge in [-0.1, -0.05) is 44.2 Å². The lowest BCUT2D eigenvalue weighted by molar-refractivity contribution is -0.142. The van der Waals surface area contributed by atoms with Crippen LogP contribution in [0.25, 0.3) is 0 Å². The summed E-state index contributed by atoms with van der Waals surface area (Å²) in [6, 6.07) is 6.68. The van der Waals surface area contributed by atoms with Gasteiger partial charge < -0.3 is 25.8 Å². The van der Waals surface area contributed by atoms with Crippen molar-refractivity contribution < 1.29 is 24.0 Å². The molecule has 0 aliphatic carbocycles. The Morgan fingerprint density at radius 1 is 1.03 bits per heavy atom. The van der Waals surface area contributed by atoms with Gasteiger partial charge >= 0.3 is 0 Å². The van der Waals surface area contributed by atoms with E-state index < -0.39 is 41.8 Å². The molecule has 192 valence electrons. The minimum Gasteiger partial charge on any atom is -0.353 e. The second-order valence-electron chi connectivity index (χ2n) is 9.36. The van der Waals surface area contributed by atoms with Gasteiger partial charge in [-0.25, -0.2) is 0 Å². The first-order chi connectivity index (χ1) is 16.5. The molecule has 1 aliphatic heterocycles. The van der Waals surface area contributed by atoms with Crippen molar-refractivity contribution in [1.82, 2.24) is 25.8 Å². The first kappa shape index (κ1) is 27.8. The van der Waals surface area contributed by atoms with Crippen LogP contribution >= 0.6 is 0 Å². The zero-order valence-corrected chi connectivity index (χ0v) is 21.2. The summed E-state index contributed by atoms with van der Waals surface area (Å²) in [4.78, 5) is 66.7. The van der Waals surface area contributed by atoms with Crippen molar-refractivity contribution in [2.45, 2.75) is 58.7 Å². The minimum absolute atomic E-state index is 0.102. The molecule has 0 saturated carbocycles. The first-order valence-corrected chi connectivity index (χ1v) is 11.9. The van der Waals surface area contributed by atoms with Crippen molar-refractivity contribution in [3.05, 3.63) is 35.9 Å². The van der Waals surface area contributed by atoms with E-state index in [1.54, 1.807) is 6.92 Å². The van der Waals surface area contributed by atoms with E-state index in [-0.39, 0.29) is 37.9 Å². The average Bonchev–Trinajstić information content (AvgIpc) is 2.80. The topological polar surface area (TPSA) is 128 Å². The van der Waals surface area contributed by atoms with Gasteiger partial charge in [0.05, 0.1) is 6.54 Å². The van der Waals surface area contributed by atoms with Gasteiger partial charge in [0.2, 0.25) is 29.5 Å². The molecule has 0 bridgehead atoms. The highest BCUT2D eigenvalue weighted by Crippen LogP contribution is 2.11. The van der Waals surface area contributed by atoms with Crippen molar-refractivity contribution in [3.8, 4) is 0 Å². The van der Waals surface area contributed by atoms with Crippen molar-refractivity contribution in [2.24, 2.45) is 5.92 Å². The summed E-state index contributed by atoms with van der Waals surface area (Å²) >= 11 is 0. The summed E-state index contributed by atoms with van der Waals surface area (Å²) < 4.78 is 0. The molecule has 35 heavy (non-hydrogen) atoms. The highest BCUT2D eigenvalue weighted by molar-refractivity contribution is 5.94. The zero-order valence-electron chi connectivity index (χ0n) is 21.2. The summed E-state index contributed by atoms with van der Waals surface area (Å²) in [6.07, 6.45) is 0.634. The maximum Gasteiger partial charge on any atom is 0.245 e. The number of likely N-dealkylation sites (N-methyl/N-ethyl adjacent to an activating group) is 1. The van der Waals surface area contributed by atoms with E-state index >= 15 is 0 Å². The number of benzene rings is 1. The molecule has 3 N–H and O–H groups in total. The number of carbonyl (C=O) groups is 5. The summed E-state index contributed by atoms with van der Waals surface area (Å²) in [5, 5.41) is 8.25. The molecule has 0 unspecified atom stereocenters. The number of carbonyl (C=O) groups excluding carboxylic acids is 5. The SMILES string of the molecule is CC(=O)N1CCNC(=O)[C@H](Cc2ccccc2)NC(=O)[C@H](C)N(C)C(=O)[C@H](CC(C)C)NC(=O)C1. The molecule has 2 rings (SSSR count). The third-order valence-corrected chi connectivity index (χ3v) is 6.02. The molecule has 1 aromatic carbocycles. The number of hydrogen-bond donors (Lipinski definition) is 3. The van der Waals surface area contributed by atoms with Gasteiger partial charge in [-0.15, -0.1) is 0 Å². The second kappa shape index (κ2) is 12.9. The van der Waals surface area contributed by atoms with Crippen LogP contribution in [0.5, 0.6) is 0 Å². The van der Waals surface area contributed by atoms with E-state index in [0.29, 0.717) is 6.42 Å². The van der Waals surface area contributed by atoms with E-state index in [2.05, 4.69) is 16.0 Å². The van der Waals surface area contributed by atoms with Crippen molar-refractivity contribution in [1.29, 1.82) is 0 Å². The van der Waals surface area contributed by atoms with Crippen molar-refractivity contribution in [2.75, 3.05) is 26.7 Å². The van der Waals surface area contributed by atoms with Crippen LogP contribution in [0.1, 0.15) is 39.7 Å². The van der Waals surface area contributed by atoms with Crippen LogP contribution in [0.3, 0.4) is 0 Å². The van der Waals surface area contributed by atoms with Crippen LogP contribution < -0.4 is 16.0 Å². The molecule has 1 saturated heterocycles. The molecular weight excluding hydrogens is 450 g/mol. The Morgan fingerprint density at radius 3 is 2.29 bits per heavy atom. The molecular formula is C25H37N5O5. The Balaban J connectivity index is 2.35. The molecule has 10 heteroatoms. The van der Waals surface area contributed by atoms with Crippen LogP contribution in [0, 0.1) is 5.92 Å². The molecule has 0 aromatic heterocycles. The molecule has 1 fully saturated rings. The lowest BCUT2D eigenvalue weighted by atomic mass is 10.0. The molecule has 1 aromatic rings. The number of nitrogens with zero attached hydrogens (tertiary/aromatic N) is 2. The Hall–Kier alpha value is -3.43. The highest BCUT2D eigenvalue weighted by atomic mass is 16.2. The largest absolute Gasteiger partial charge is 0.353 e. The normalized spacial score (nSPS) is 23.2. The Labute approximate surface area is 206 Å². The van der Waals surface area contributed by atoms with Crippen LogP contribution in [0.2, 0.25) is 0 Å². The van der Waals surface area contributed by atoms with Crippen LogP contribution in [0.4, 0.5) is 0 Å². The van der Waals surface area contributed by atoms with Gasteiger partial charge in [0.1, 0.15) is 18.1 Å². The van der Waals surface area contributed by atoms with Crippen LogP contribution in [-0.4, -0.2) is 84.1 Å². The molecule has 5 amide bonds. The van der Waals surface area contributed by atoms with Gasteiger partial charge in [0.15, 0.2) is 0 Å². The Bertz CT molecular complexity index is 920. The zero-order chi connectivity index (χ0) is 26.1. The Kier molecular flexibility index (Phi) is 10.2. The van der Waals surface area contributed by atoms with E-state index in [1.807, 2.05) is 44.2 Å². The van der Waals surface area contributed by atoms with Gasteiger partial charge in [0, 0.05) is 33.5 Å². The maximum absolute atomic E-state index is 13.2. The smallest absolute Gasteiger partial charge is 0.245 e. The number of amides is 5. The summed E-state index contributed by atoms with van der Waals surface area (Å²) in [6.45, 7) is 6.76. The van der Waals surface area contributed by atoms with Gasteiger partial charge in [-0.3, -0.25) is 24.0 Å². The van der Waals surface area contributed by atoms with Crippen LogP contribution in [0.15, 0.2) is 30.3 Å². The van der Waals surface area contributed by atoms with Gasteiger partial charge in [-0.2, -0.15) is 0 Å². The third-order valence-electron chi connectivity index (χ3n) is 6.02. The Morgan fingerprint density at radius 2 is 1.69 bits per heavy atom. The number of hydrogen-bond acceptors (Lipinski definition) is 5. The highest BCUT2D eigenvalue weighted by Gasteiger charge is 2.32. The van der Waals surface area contributed by atoms with Gasteiger partial charge in [-0.05, 0) is 24.8 Å². The molecule has 1 aliphatic rings. The first-order valence-electron chi connectivity index (χ1n) is 11.9. The van der Waals surface area contributed by atoms with E-state index in [4.69, 9.17) is 0 Å². The quantitative estimate of drug-likeness (QED) is 0.554. The summed E-state index contributed by atoms with van der Waals surface area (Å²) in [7, 11) is 1.50. The maximum atomic E-state index is 13.2. The molecule has 1 heterocycles. The molecule has 0 spiro atoms. The minimum atomic E-state index is -0.877. The monoisotopic (exact) mass is 487 g/mol. The number of rotatable bonds is 4. The van der Waals surface area contributed by atoms with E-state index in [9.17, 15) is 24.0 Å². The molecule has 3 atom stereocenters. The standard InChI is InChI=1S/C25H37N5O5/c1-16(2)13-21-25(35)29(5)17(3)23(33)28-20(14-19-9-7-6-8-10-19)24(34)26-11-12-30(18(4)31)15-22(32)27-21/h6-10,16-17,20-21H,11-15H2,1-5H3,(H,26,34)(H,27,32)(H,28,33)/t17-,20-,21-/m0/s1. The summed E-state index contributed by atoms with van der Waals surface area (Å²) in [5.41, 5.74) is 0.861. The van der Waals surface area contributed by atoms with E-state index in [1.165, 1.54) is 23.8 Å². The average molecular weight is 488 g/mol. The van der Waals surface area contributed by atoms with Crippen molar-refractivity contribution >= 4 is 29.5 Å². The third kappa shape index (κ3) is 8.38. The fraction of sp³-hybridized carbons (Fsp3) is 0.560. The second-order valence-corrected chi connectivity index (χ2v) is 9.36. The molecule has 10 nitrogen and oxygen atoms in total. The predicted octanol–water partition coefficient (Wildman–Crippen LogP) is 0.0700. The lowest BCUT2D eigenvalue weighted by Crippen LogP contribution is -2.56. The predicted molar refractivity (Wildman–Crippen MR) is 131 cm³/mol. The van der Waals surface area contributed by atoms with Crippen LogP contribution in [-0.2, 0) is 30.4 Å². The number of nitrogens with one attached hydrogen (secondary N) is 3. The van der Waals surface area contributed by atoms with E-state index in [0.717, 1.165) is 5.56 Å². The summed E-state index contributed by atoms with van der Waals surface area (Å²) in [5.74, 6) is -2.01. The van der Waals surface area contributed by atoms with Gasteiger partial charge in [0.25, 0.3) is 0 Å². The fourth-order valence-corrected chi connectivity index (χ4v) is 3.86. The molecule has 0 radical (unpaired) electrons. The van der Waals surface area contributed by atoms with Crippen molar-refractivity contribution in [3.63, 3.8) is 0 Å².